The minimum atomic E-state index is -0.888. The van der Waals surface area contributed by atoms with Crippen molar-refractivity contribution >= 4 is 47.8 Å². The van der Waals surface area contributed by atoms with E-state index in [0.29, 0.717) is 5.82 Å². The summed E-state index contributed by atoms with van der Waals surface area (Å²) in [4.78, 5) is 11.7. The topological polar surface area (TPSA) is 90.7 Å². The highest BCUT2D eigenvalue weighted by atomic mass is 79.9. The van der Waals surface area contributed by atoms with Gasteiger partial charge in [-0.05, 0) is 0 Å². The standard InChI is InChI=1S/C6H8Br3N5/c7-5(11,1-10)6(8,9)4-13-2-12-3-14-4/h2-3H,1,10-11H2. The molecule has 0 amide bonds. The van der Waals surface area contributed by atoms with Crippen LogP contribution in [0.4, 0.5) is 0 Å². The number of nitrogens with two attached hydrogens (primary N) is 2. The Kier molecular flexibility index (Phi) is 3.98. The Morgan fingerprint density at radius 1 is 1.21 bits per heavy atom. The number of halogens is 3. The number of hydrogen-bond acceptors (Lipinski definition) is 5. The molecule has 0 spiro atoms. The Morgan fingerprint density at radius 3 is 2.14 bits per heavy atom. The van der Waals surface area contributed by atoms with Gasteiger partial charge in [-0.3, -0.25) is 0 Å². The fourth-order valence-electron chi connectivity index (χ4n) is 0.715. The van der Waals surface area contributed by atoms with Gasteiger partial charge < -0.3 is 11.5 Å². The molecule has 0 aliphatic rings. The first kappa shape index (κ1) is 12.4. The molecule has 78 valence electrons. The van der Waals surface area contributed by atoms with E-state index in [0.717, 1.165) is 0 Å². The van der Waals surface area contributed by atoms with Gasteiger partial charge in [-0.1, -0.05) is 47.8 Å². The molecule has 0 aromatic carbocycles. The van der Waals surface area contributed by atoms with Crippen LogP contribution in [0.25, 0.3) is 0 Å². The summed E-state index contributed by atoms with van der Waals surface area (Å²) < 4.78 is -1.72. The monoisotopic (exact) mass is 387 g/mol. The van der Waals surface area contributed by atoms with Crippen LogP contribution >= 0.6 is 47.8 Å². The molecule has 14 heavy (non-hydrogen) atoms. The first-order chi connectivity index (χ1) is 6.42. The van der Waals surface area contributed by atoms with Crippen LogP contribution in [0.2, 0.25) is 0 Å². The van der Waals surface area contributed by atoms with Crippen LogP contribution in [-0.4, -0.2) is 25.9 Å². The fourth-order valence-corrected chi connectivity index (χ4v) is 1.63. The molecular formula is C6H8Br3N5. The van der Waals surface area contributed by atoms with Gasteiger partial charge in [0.15, 0.2) is 9.06 Å². The second-order valence-electron chi connectivity index (χ2n) is 2.60. The van der Waals surface area contributed by atoms with Gasteiger partial charge in [0.25, 0.3) is 0 Å². The van der Waals surface area contributed by atoms with Crippen LogP contribution < -0.4 is 11.5 Å². The van der Waals surface area contributed by atoms with Gasteiger partial charge in [-0.2, -0.15) is 0 Å². The predicted molar refractivity (Wildman–Crippen MR) is 64.3 cm³/mol. The largest absolute Gasteiger partial charge is 0.328 e. The predicted octanol–water partition coefficient (Wildman–Crippen LogP) is 0.823. The molecule has 1 heterocycles. The number of hydrogen-bond donors (Lipinski definition) is 2. The SMILES string of the molecule is NCC(N)(Br)C(Br)(Br)c1ncncn1. The van der Waals surface area contributed by atoms with Crippen molar-refractivity contribution in [1.82, 2.24) is 15.0 Å². The lowest BCUT2D eigenvalue weighted by Crippen LogP contribution is -2.52. The quantitative estimate of drug-likeness (QED) is 0.590. The van der Waals surface area contributed by atoms with Crippen molar-refractivity contribution in [3.05, 3.63) is 18.5 Å². The van der Waals surface area contributed by atoms with Crippen molar-refractivity contribution in [2.45, 2.75) is 7.68 Å². The third-order valence-electron chi connectivity index (χ3n) is 1.59. The molecule has 5 nitrogen and oxygen atoms in total. The number of alkyl halides is 3. The molecule has 8 heteroatoms. The lowest BCUT2D eigenvalue weighted by molar-refractivity contribution is 0.577. The smallest absolute Gasteiger partial charge is 0.169 e. The number of nitrogens with zero attached hydrogens (tertiary/aromatic N) is 3. The Bertz CT molecular complexity index is 302. The summed E-state index contributed by atoms with van der Waals surface area (Å²) in [6.07, 6.45) is 2.78. The highest BCUT2D eigenvalue weighted by Crippen LogP contribution is 2.46. The summed E-state index contributed by atoms with van der Waals surface area (Å²) in [6.45, 7) is 0.204. The average molecular weight is 390 g/mol. The third-order valence-corrected chi connectivity index (χ3v) is 5.70. The molecule has 1 unspecified atom stereocenters. The van der Waals surface area contributed by atoms with Crippen molar-refractivity contribution in [3.63, 3.8) is 0 Å². The first-order valence-electron chi connectivity index (χ1n) is 3.60. The zero-order chi connectivity index (χ0) is 10.8. The van der Waals surface area contributed by atoms with Gasteiger partial charge in [0.05, 0.1) is 0 Å². The van der Waals surface area contributed by atoms with Crippen molar-refractivity contribution < 1.29 is 0 Å². The number of rotatable bonds is 3. The molecule has 0 aliphatic carbocycles. The maximum Gasteiger partial charge on any atom is 0.169 e. The minimum absolute atomic E-state index is 0.204. The summed E-state index contributed by atoms with van der Waals surface area (Å²) >= 11 is 10.1. The van der Waals surface area contributed by atoms with Gasteiger partial charge in [0.2, 0.25) is 0 Å². The van der Waals surface area contributed by atoms with Crippen LogP contribution in [-0.2, 0) is 3.23 Å². The molecule has 0 radical (unpaired) electrons. The first-order valence-corrected chi connectivity index (χ1v) is 5.98. The summed E-state index contributed by atoms with van der Waals surface area (Å²) in [5.74, 6) is 0.456. The Morgan fingerprint density at radius 2 is 1.71 bits per heavy atom. The van der Waals surface area contributed by atoms with E-state index in [1.807, 2.05) is 0 Å². The second kappa shape index (κ2) is 4.48. The van der Waals surface area contributed by atoms with Gasteiger partial charge in [0, 0.05) is 6.54 Å². The van der Waals surface area contributed by atoms with E-state index in [4.69, 9.17) is 11.5 Å². The molecule has 0 fully saturated rings. The molecule has 1 aromatic heterocycles. The normalized spacial score (nSPS) is 16.4. The van der Waals surface area contributed by atoms with Crippen molar-refractivity contribution in [1.29, 1.82) is 0 Å². The van der Waals surface area contributed by atoms with E-state index in [9.17, 15) is 0 Å². The van der Waals surface area contributed by atoms with Gasteiger partial charge >= 0.3 is 0 Å². The third kappa shape index (κ3) is 2.30. The zero-order valence-electron chi connectivity index (χ0n) is 6.99. The Hall–Kier alpha value is 0.370. The van der Waals surface area contributed by atoms with E-state index in [1.54, 1.807) is 0 Å². The summed E-state index contributed by atoms with van der Waals surface area (Å²) in [7, 11) is 0. The molecular weight excluding hydrogens is 382 g/mol. The van der Waals surface area contributed by atoms with Crippen LogP contribution in [0.15, 0.2) is 12.7 Å². The van der Waals surface area contributed by atoms with E-state index in [1.165, 1.54) is 12.7 Å². The summed E-state index contributed by atoms with van der Waals surface area (Å²) in [5, 5.41) is 0. The number of aromatic nitrogens is 3. The lowest BCUT2D eigenvalue weighted by Gasteiger charge is -2.33. The van der Waals surface area contributed by atoms with Crippen molar-refractivity contribution in [3.8, 4) is 0 Å². The Labute approximate surface area is 106 Å². The van der Waals surface area contributed by atoms with Crippen molar-refractivity contribution in [2.24, 2.45) is 11.5 Å². The molecule has 0 saturated carbocycles. The minimum Gasteiger partial charge on any atom is -0.328 e. The maximum atomic E-state index is 5.92. The maximum absolute atomic E-state index is 5.92. The van der Waals surface area contributed by atoms with Crippen LogP contribution in [0, 0.1) is 0 Å². The summed E-state index contributed by atoms with van der Waals surface area (Å²) in [5.41, 5.74) is 11.5. The second-order valence-corrected chi connectivity index (χ2v) is 7.46. The molecule has 1 rings (SSSR count). The van der Waals surface area contributed by atoms with E-state index < -0.39 is 7.68 Å². The molecule has 0 aliphatic heterocycles. The zero-order valence-corrected chi connectivity index (χ0v) is 11.8. The molecule has 0 bridgehead atoms. The lowest BCUT2D eigenvalue weighted by atomic mass is 10.2. The van der Waals surface area contributed by atoms with Gasteiger partial charge in [-0.15, -0.1) is 0 Å². The highest BCUT2D eigenvalue weighted by Gasteiger charge is 2.46. The van der Waals surface area contributed by atoms with E-state index >= 15 is 0 Å². The molecule has 0 saturated heterocycles. The van der Waals surface area contributed by atoms with Gasteiger partial charge in [0.1, 0.15) is 17.1 Å². The molecule has 1 aromatic rings. The van der Waals surface area contributed by atoms with Gasteiger partial charge in [-0.25, -0.2) is 15.0 Å². The highest BCUT2D eigenvalue weighted by molar-refractivity contribution is 9.25. The van der Waals surface area contributed by atoms with Crippen LogP contribution in [0.3, 0.4) is 0 Å². The summed E-state index contributed by atoms with van der Waals surface area (Å²) in [6, 6.07) is 0. The van der Waals surface area contributed by atoms with Crippen LogP contribution in [0.1, 0.15) is 5.82 Å². The molecule has 1 atom stereocenters. The van der Waals surface area contributed by atoms with E-state index in [-0.39, 0.29) is 6.54 Å². The van der Waals surface area contributed by atoms with E-state index in [2.05, 4.69) is 62.7 Å². The fraction of sp³-hybridized carbons (Fsp3) is 0.500. The Balaban J connectivity index is 3.08. The average Bonchev–Trinajstić information content (AvgIpc) is 2.19. The molecule has 4 N–H and O–H groups in total. The van der Waals surface area contributed by atoms with Crippen molar-refractivity contribution in [2.75, 3.05) is 6.54 Å². The van der Waals surface area contributed by atoms with Crippen LogP contribution in [0.5, 0.6) is 0 Å².